The van der Waals surface area contributed by atoms with Crippen LogP contribution in [0.2, 0.25) is 0 Å². The molecule has 1 unspecified atom stereocenters. The van der Waals surface area contributed by atoms with Gasteiger partial charge in [0.15, 0.2) is 0 Å². The number of carbonyl (C=O) groups excluding carboxylic acids is 2. The highest BCUT2D eigenvalue weighted by Crippen LogP contribution is 2.23. The average molecular weight is 352 g/mol. The van der Waals surface area contributed by atoms with Crippen molar-refractivity contribution in [3.63, 3.8) is 0 Å². The quantitative estimate of drug-likeness (QED) is 0.525. The number of hydrogen-bond acceptors (Lipinski definition) is 3. The van der Waals surface area contributed by atoms with Crippen LogP contribution in [-0.2, 0) is 22.4 Å². The first kappa shape index (κ1) is 17.9. The minimum Gasteiger partial charge on any atom is -0.356 e. The molecule has 0 aliphatic heterocycles. The van der Waals surface area contributed by atoms with Crippen molar-refractivity contribution >= 4 is 17.9 Å². The van der Waals surface area contributed by atoms with Gasteiger partial charge in [-0.2, -0.15) is 5.10 Å². The van der Waals surface area contributed by atoms with E-state index in [9.17, 15) is 9.59 Å². The van der Waals surface area contributed by atoms with E-state index in [1.54, 1.807) is 6.08 Å². The van der Waals surface area contributed by atoms with Crippen LogP contribution in [0.15, 0.2) is 42.6 Å². The molecule has 1 aliphatic carbocycles. The summed E-state index contributed by atoms with van der Waals surface area (Å²) in [4.78, 5) is 24.0. The summed E-state index contributed by atoms with van der Waals surface area (Å²) in [5.74, 6) is -0.0360. The Bertz CT molecular complexity index is 767. The van der Waals surface area contributed by atoms with E-state index in [4.69, 9.17) is 0 Å². The van der Waals surface area contributed by atoms with E-state index in [2.05, 4.69) is 20.8 Å². The van der Waals surface area contributed by atoms with Crippen LogP contribution in [-0.4, -0.2) is 35.1 Å². The molecule has 1 aliphatic rings. The van der Waals surface area contributed by atoms with Crippen LogP contribution < -0.4 is 10.6 Å². The van der Waals surface area contributed by atoms with Crippen LogP contribution in [0.4, 0.5) is 0 Å². The zero-order chi connectivity index (χ0) is 18.2. The number of H-pyrrole nitrogens is 1. The molecule has 1 aromatic carbocycles. The van der Waals surface area contributed by atoms with Crippen molar-refractivity contribution in [3.8, 4) is 0 Å². The third kappa shape index (κ3) is 5.05. The monoisotopic (exact) mass is 352 g/mol. The lowest BCUT2D eigenvalue weighted by Gasteiger charge is -2.20. The summed E-state index contributed by atoms with van der Waals surface area (Å²) in [7, 11) is 0. The summed E-state index contributed by atoms with van der Waals surface area (Å²) in [5.41, 5.74) is 3.29. The number of aromatic amines is 1. The molecule has 0 radical (unpaired) electrons. The molecule has 2 aromatic rings. The number of fused-ring (bicyclic) bond motifs is 1. The lowest BCUT2D eigenvalue weighted by Crippen LogP contribution is -2.35. The topological polar surface area (TPSA) is 86.9 Å². The molecule has 26 heavy (non-hydrogen) atoms. The first-order valence-corrected chi connectivity index (χ1v) is 9.02. The van der Waals surface area contributed by atoms with Crippen molar-refractivity contribution in [2.75, 3.05) is 13.1 Å². The Morgan fingerprint density at radius 3 is 2.85 bits per heavy atom. The number of amides is 2. The number of aryl methyl sites for hydroxylation is 1. The lowest BCUT2D eigenvalue weighted by molar-refractivity contribution is -0.125. The minimum atomic E-state index is -0.126. The van der Waals surface area contributed by atoms with Crippen LogP contribution in [0.3, 0.4) is 0 Å². The van der Waals surface area contributed by atoms with Gasteiger partial charge in [-0.1, -0.05) is 30.3 Å². The molecule has 0 saturated heterocycles. The SMILES string of the molecule is O=C(C=Cc1ccccc1)NCCCNC(=O)C1CCc2cn[nH]c2C1. The normalized spacial score (nSPS) is 16.2. The molecule has 0 fully saturated rings. The number of benzene rings is 1. The lowest BCUT2D eigenvalue weighted by atomic mass is 9.87. The first-order valence-electron chi connectivity index (χ1n) is 9.02. The van der Waals surface area contributed by atoms with Gasteiger partial charge in [0, 0.05) is 37.2 Å². The zero-order valence-corrected chi connectivity index (χ0v) is 14.7. The maximum atomic E-state index is 12.2. The summed E-state index contributed by atoms with van der Waals surface area (Å²) in [6, 6.07) is 9.68. The van der Waals surface area contributed by atoms with Crippen molar-refractivity contribution in [1.82, 2.24) is 20.8 Å². The Kier molecular flexibility index (Phi) is 6.19. The highest BCUT2D eigenvalue weighted by Gasteiger charge is 2.25. The van der Waals surface area contributed by atoms with Crippen LogP contribution in [0.1, 0.15) is 29.7 Å². The third-order valence-electron chi connectivity index (χ3n) is 4.57. The maximum Gasteiger partial charge on any atom is 0.244 e. The molecular weight excluding hydrogens is 328 g/mol. The second-order valence-corrected chi connectivity index (χ2v) is 6.49. The molecule has 3 rings (SSSR count). The Labute approximate surface area is 153 Å². The number of nitrogens with one attached hydrogen (secondary N) is 3. The molecule has 6 heteroatoms. The number of aromatic nitrogens is 2. The zero-order valence-electron chi connectivity index (χ0n) is 14.7. The fraction of sp³-hybridized carbons (Fsp3) is 0.350. The van der Waals surface area contributed by atoms with E-state index >= 15 is 0 Å². The first-order chi connectivity index (χ1) is 12.7. The molecule has 6 nitrogen and oxygen atoms in total. The van der Waals surface area contributed by atoms with Crippen LogP contribution >= 0.6 is 0 Å². The van der Waals surface area contributed by atoms with Crippen molar-refractivity contribution in [2.24, 2.45) is 5.92 Å². The molecule has 1 heterocycles. The van der Waals surface area contributed by atoms with E-state index in [1.165, 1.54) is 11.6 Å². The fourth-order valence-electron chi connectivity index (χ4n) is 3.08. The molecule has 0 bridgehead atoms. The average Bonchev–Trinajstić information content (AvgIpc) is 3.14. The summed E-state index contributed by atoms with van der Waals surface area (Å²) in [6.07, 6.45) is 8.34. The van der Waals surface area contributed by atoms with Crippen molar-refractivity contribution in [2.45, 2.75) is 25.7 Å². The Morgan fingerprint density at radius 2 is 2.00 bits per heavy atom. The predicted octanol–water partition coefficient (Wildman–Crippen LogP) is 1.85. The van der Waals surface area contributed by atoms with E-state index in [0.29, 0.717) is 19.5 Å². The van der Waals surface area contributed by atoms with E-state index < -0.39 is 0 Å². The highest BCUT2D eigenvalue weighted by molar-refractivity contribution is 5.91. The second kappa shape index (κ2) is 8.99. The van der Waals surface area contributed by atoms with Gasteiger partial charge in [-0.05, 0) is 36.5 Å². The fourth-order valence-corrected chi connectivity index (χ4v) is 3.08. The van der Waals surface area contributed by atoms with Gasteiger partial charge in [0.2, 0.25) is 11.8 Å². The summed E-state index contributed by atoms with van der Waals surface area (Å²) in [6.45, 7) is 1.10. The van der Waals surface area contributed by atoms with E-state index in [-0.39, 0.29) is 17.7 Å². The van der Waals surface area contributed by atoms with Gasteiger partial charge in [0.05, 0.1) is 6.20 Å². The summed E-state index contributed by atoms with van der Waals surface area (Å²) in [5, 5.41) is 12.8. The van der Waals surface area contributed by atoms with E-state index in [1.807, 2.05) is 36.5 Å². The Hall–Kier alpha value is -2.89. The Balaban J connectivity index is 1.30. The van der Waals surface area contributed by atoms with Gasteiger partial charge < -0.3 is 10.6 Å². The van der Waals surface area contributed by atoms with E-state index in [0.717, 1.165) is 30.5 Å². The number of hydrogen-bond donors (Lipinski definition) is 3. The van der Waals surface area contributed by atoms with Gasteiger partial charge in [-0.3, -0.25) is 14.7 Å². The predicted molar refractivity (Wildman–Crippen MR) is 100 cm³/mol. The Morgan fingerprint density at radius 1 is 1.19 bits per heavy atom. The summed E-state index contributed by atoms with van der Waals surface area (Å²) < 4.78 is 0. The largest absolute Gasteiger partial charge is 0.356 e. The molecule has 3 N–H and O–H groups in total. The molecular formula is C20H24N4O2. The standard InChI is InChI=1S/C20H24N4O2/c25-19(10-7-15-5-2-1-3-6-15)21-11-4-12-22-20(26)16-8-9-17-14-23-24-18(17)13-16/h1-3,5-7,10,14,16H,4,8-9,11-13H2,(H,21,25)(H,22,26)(H,23,24). The van der Waals surface area contributed by atoms with Gasteiger partial charge >= 0.3 is 0 Å². The van der Waals surface area contributed by atoms with Crippen LogP contribution in [0.25, 0.3) is 6.08 Å². The molecule has 2 amide bonds. The highest BCUT2D eigenvalue weighted by atomic mass is 16.2. The molecule has 1 aromatic heterocycles. The van der Waals surface area contributed by atoms with Gasteiger partial charge in [0.1, 0.15) is 0 Å². The molecule has 1 atom stereocenters. The maximum absolute atomic E-state index is 12.2. The van der Waals surface area contributed by atoms with Gasteiger partial charge in [-0.15, -0.1) is 0 Å². The number of nitrogens with zero attached hydrogens (tertiary/aromatic N) is 1. The van der Waals surface area contributed by atoms with Gasteiger partial charge in [-0.25, -0.2) is 0 Å². The molecule has 136 valence electrons. The smallest absolute Gasteiger partial charge is 0.244 e. The third-order valence-corrected chi connectivity index (χ3v) is 4.57. The van der Waals surface area contributed by atoms with Crippen molar-refractivity contribution in [3.05, 3.63) is 59.4 Å². The second-order valence-electron chi connectivity index (χ2n) is 6.49. The van der Waals surface area contributed by atoms with Crippen LogP contribution in [0, 0.1) is 5.92 Å². The van der Waals surface area contributed by atoms with Crippen molar-refractivity contribution in [1.29, 1.82) is 0 Å². The van der Waals surface area contributed by atoms with Gasteiger partial charge in [0.25, 0.3) is 0 Å². The number of rotatable bonds is 7. The molecule has 0 saturated carbocycles. The number of carbonyl (C=O) groups is 2. The minimum absolute atomic E-state index is 0.00588. The summed E-state index contributed by atoms with van der Waals surface area (Å²) >= 11 is 0. The molecule has 0 spiro atoms. The van der Waals surface area contributed by atoms with Crippen LogP contribution in [0.5, 0.6) is 0 Å². The van der Waals surface area contributed by atoms with Crippen molar-refractivity contribution < 1.29 is 9.59 Å².